The summed E-state index contributed by atoms with van der Waals surface area (Å²) in [6, 6.07) is 23.4. The maximum atomic E-state index is 13.1. The van der Waals surface area contributed by atoms with Crippen LogP contribution in [0, 0.1) is 0 Å². The Labute approximate surface area is 177 Å². The van der Waals surface area contributed by atoms with Gasteiger partial charge in [0.2, 0.25) is 0 Å². The second kappa shape index (κ2) is 8.32. The Bertz CT molecular complexity index is 1150. The normalized spacial score (nSPS) is 14.6. The van der Waals surface area contributed by atoms with Crippen LogP contribution in [0.25, 0.3) is 0 Å². The molecule has 0 unspecified atom stereocenters. The van der Waals surface area contributed by atoms with Crippen molar-refractivity contribution < 1.29 is 13.2 Å². The van der Waals surface area contributed by atoms with Crippen LogP contribution >= 0.6 is 0 Å². The topological polar surface area (TPSA) is 66.5 Å². The molecule has 154 valence electrons. The molecular weight excluding hydrogens is 396 g/mol. The van der Waals surface area contributed by atoms with Gasteiger partial charge in [-0.1, -0.05) is 48.5 Å². The standard InChI is InChI=1S/C24H24N2O3S/c1-18(19-9-4-2-5-10-19)25-24(27)21-14-15-23-20(17-21)11-8-16-26(23)30(28,29)22-12-6-3-7-13-22/h2-7,9-10,12-15,17-18H,8,11,16H2,1H3,(H,25,27)/t18-/m0/s1. The molecule has 4 rings (SSSR count). The van der Waals surface area contributed by atoms with Crippen LogP contribution < -0.4 is 9.62 Å². The first-order chi connectivity index (χ1) is 14.5. The second-order valence-corrected chi connectivity index (χ2v) is 9.31. The van der Waals surface area contributed by atoms with Crippen molar-refractivity contribution in [2.75, 3.05) is 10.8 Å². The van der Waals surface area contributed by atoms with Crippen molar-refractivity contribution in [3.8, 4) is 0 Å². The Hall–Kier alpha value is -3.12. The maximum absolute atomic E-state index is 13.1. The van der Waals surface area contributed by atoms with Crippen LogP contribution in [0.5, 0.6) is 0 Å². The highest BCUT2D eigenvalue weighted by molar-refractivity contribution is 7.92. The highest BCUT2D eigenvalue weighted by Crippen LogP contribution is 2.32. The molecule has 1 heterocycles. The Morgan fingerprint density at radius 3 is 2.33 bits per heavy atom. The van der Waals surface area contributed by atoms with E-state index in [4.69, 9.17) is 0 Å². The van der Waals surface area contributed by atoms with E-state index in [0.717, 1.165) is 17.5 Å². The molecule has 0 radical (unpaired) electrons. The molecule has 3 aromatic carbocycles. The third kappa shape index (κ3) is 3.96. The number of fused-ring (bicyclic) bond motifs is 1. The van der Waals surface area contributed by atoms with E-state index >= 15 is 0 Å². The summed E-state index contributed by atoms with van der Waals surface area (Å²) in [7, 11) is -3.63. The Kier molecular flexibility index (Phi) is 5.59. The Morgan fingerprint density at radius 2 is 1.63 bits per heavy atom. The number of hydrogen-bond donors (Lipinski definition) is 1. The smallest absolute Gasteiger partial charge is 0.264 e. The van der Waals surface area contributed by atoms with E-state index in [-0.39, 0.29) is 16.8 Å². The van der Waals surface area contributed by atoms with Crippen LogP contribution in [0.1, 0.15) is 40.9 Å². The largest absolute Gasteiger partial charge is 0.346 e. The molecule has 3 aromatic rings. The fourth-order valence-electron chi connectivity index (χ4n) is 3.78. The highest BCUT2D eigenvalue weighted by atomic mass is 32.2. The van der Waals surface area contributed by atoms with Crippen LogP contribution in [0.15, 0.2) is 83.8 Å². The van der Waals surface area contributed by atoms with E-state index < -0.39 is 10.0 Å². The molecule has 1 atom stereocenters. The first-order valence-corrected chi connectivity index (χ1v) is 11.5. The average molecular weight is 421 g/mol. The first-order valence-electron chi connectivity index (χ1n) is 10.0. The molecule has 0 bridgehead atoms. The summed E-state index contributed by atoms with van der Waals surface area (Å²) in [5.41, 5.74) is 3.10. The minimum atomic E-state index is -3.63. The zero-order valence-corrected chi connectivity index (χ0v) is 17.6. The second-order valence-electron chi connectivity index (χ2n) is 7.44. The molecule has 0 aromatic heterocycles. The van der Waals surface area contributed by atoms with E-state index in [2.05, 4.69) is 5.32 Å². The third-order valence-electron chi connectivity index (χ3n) is 5.40. The number of sulfonamides is 1. The molecule has 0 spiro atoms. The van der Waals surface area contributed by atoms with Crippen molar-refractivity contribution >= 4 is 21.6 Å². The van der Waals surface area contributed by atoms with E-state index in [1.807, 2.05) is 43.3 Å². The molecule has 1 N–H and O–H groups in total. The van der Waals surface area contributed by atoms with E-state index in [1.54, 1.807) is 42.5 Å². The third-order valence-corrected chi connectivity index (χ3v) is 7.22. The lowest BCUT2D eigenvalue weighted by Gasteiger charge is -2.30. The van der Waals surface area contributed by atoms with Gasteiger partial charge in [0.05, 0.1) is 16.6 Å². The SMILES string of the molecule is C[C@H](NC(=O)c1ccc2c(c1)CCCN2S(=O)(=O)c1ccccc1)c1ccccc1. The van der Waals surface area contributed by atoms with Crippen LogP contribution in [-0.4, -0.2) is 20.9 Å². The summed E-state index contributed by atoms with van der Waals surface area (Å²) in [6.45, 7) is 2.38. The first kappa shape index (κ1) is 20.2. The molecule has 0 saturated heterocycles. The fourth-order valence-corrected chi connectivity index (χ4v) is 5.34. The van der Waals surface area contributed by atoms with Gasteiger partial charge in [0.1, 0.15) is 0 Å². The van der Waals surface area contributed by atoms with Gasteiger partial charge in [0.25, 0.3) is 15.9 Å². The van der Waals surface area contributed by atoms with Crippen LogP contribution in [-0.2, 0) is 16.4 Å². The van der Waals surface area contributed by atoms with Gasteiger partial charge < -0.3 is 5.32 Å². The summed E-state index contributed by atoms with van der Waals surface area (Å²) in [6.07, 6.45) is 1.45. The molecule has 0 saturated carbocycles. The van der Waals surface area contributed by atoms with Gasteiger partial charge in [-0.15, -0.1) is 0 Å². The molecule has 0 aliphatic carbocycles. The van der Waals surface area contributed by atoms with Gasteiger partial charge in [-0.25, -0.2) is 8.42 Å². The van der Waals surface area contributed by atoms with E-state index in [0.29, 0.717) is 24.2 Å². The van der Waals surface area contributed by atoms with Gasteiger partial charge >= 0.3 is 0 Å². The minimum Gasteiger partial charge on any atom is -0.346 e. The Morgan fingerprint density at radius 1 is 0.967 bits per heavy atom. The summed E-state index contributed by atoms with van der Waals surface area (Å²) in [4.78, 5) is 13.0. The molecular formula is C24H24N2O3S. The number of rotatable bonds is 5. The maximum Gasteiger partial charge on any atom is 0.264 e. The van der Waals surface area contributed by atoms with Crippen LogP contribution in [0.3, 0.4) is 0 Å². The number of carbonyl (C=O) groups is 1. The van der Waals surface area contributed by atoms with Gasteiger partial charge in [-0.2, -0.15) is 0 Å². The monoisotopic (exact) mass is 420 g/mol. The minimum absolute atomic E-state index is 0.121. The Balaban J connectivity index is 1.58. The van der Waals surface area contributed by atoms with Crippen molar-refractivity contribution in [1.29, 1.82) is 0 Å². The van der Waals surface area contributed by atoms with Crippen molar-refractivity contribution in [2.24, 2.45) is 0 Å². The van der Waals surface area contributed by atoms with Gasteiger partial charge in [0.15, 0.2) is 0 Å². The lowest BCUT2D eigenvalue weighted by Crippen LogP contribution is -2.35. The summed E-state index contributed by atoms with van der Waals surface area (Å²) < 4.78 is 27.7. The summed E-state index contributed by atoms with van der Waals surface area (Å²) in [5.74, 6) is -0.169. The average Bonchev–Trinajstić information content (AvgIpc) is 2.79. The van der Waals surface area contributed by atoms with Gasteiger partial charge in [0, 0.05) is 12.1 Å². The fraction of sp³-hybridized carbons (Fsp3) is 0.208. The number of benzene rings is 3. The molecule has 1 amide bonds. The highest BCUT2D eigenvalue weighted by Gasteiger charge is 2.29. The van der Waals surface area contributed by atoms with Gasteiger partial charge in [-0.05, 0) is 61.2 Å². The van der Waals surface area contributed by atoms with Crippen molar-refractivity contribution in [1.82, 2.24) is 5.32 Å². The number of anilines is 1. The zero-order chi connectivity index (χ0) is 21.1. The number of aryl methyl sites for hydroxylation is 1. The van der Waals surface area contributed by atoms with Crippen molar-refractivity contribution in [2.45, 2.75) is 30.7 Å². The number of amides is 1. The lowest BCUT2D eigenvalue weighted by molar-refractivity contribution is 0.0940. The quantitative estimate of drug-likeness (QED) is 0.669. The molecule has 30 heavy (non-hydrogen) atoms. The summed E-state index contributed by atoms with van der Waals surface area (Å²) >= 11 is 0. The number of hydrogen-bond acceptors (Lipinski definition) is 3. The lowest BCUT2D eigenvalue weighted by atomic mass is 10.00. The zero-order valence-electron chi connectivity index (χ0n) is 16.8. The number of nitrogens with zero attached hydrogens (tertiary/aromatic N) is 1. The van der Waals surface area contributed by atoms with Crippen LogP contribution in [0.4, 0.5) is 5.69 Å². The van der Waals surface area contributed by atoms with Crippen molar-refractivity contribution in [3.63, 3.8) is 0 Å². The number of carbonyl (C=O) groups excluding carboxylic acids is 1. The van der Waals surface area contributed by atoms with E-state index in [9.17, 15) is 13.2 Å². The van der Waals surface area contributed by atoms with Gasteiger partial charge in [-0.3, -0.25) is 9.10 Å². The number of nitrogens with one attached hydrogen (secondary N) is 1. The van der Waals surface area contributed by atoms with Crippen LogP contribution in [0.2, 0.25) is 0 Å². The molecule has 5 nitrogen and oxygen atoms in total. The molecule has 6 heteroatoms. The predicted molar refractivity (Wildman–Crippen MR) is 118 cm³/mol. The van der Waals surface area contributed by atoms with E-state index in [1.165, 1.54) is 4.31 Å². The molecule has 0 fully saturated rings. The predicted octanol–water partition coefficient (Wildman–Crippen LogP) is 4.32. The molecule has 1 aliphatic heterocycles. The van der Waals surface area contributed by atoms with Crippen molar-refractivity contribution in [3.05, 3.63) is 95.6 Å². The molecule has 1 aliphatic rings. The summed E-state index contributed by atoms with van der Waals surface area (Å²) in [5, 5.41) is 3.02.